The molecule has 1 aromatic rings. The highest BCUT2D eigenvalue weighted by atomic mass is 32.2. The SMILES string of the molecule is CC(C)CCCC(O)c1cccc(S(C)(=O)=O)c1. The number of hydrogen-bond acceptors (Lipinski definition) is 3. The van der Waals surface area contributed by atoms with Crippen molar-refractivity contribution >= 4 is 9.84 Å². The number of hydrogen-bond donors (Lipinski definition) is 1. The Morgan fingerprint density at radius 1 is 1.22 bits per heavy atom. The third kappa shape index (κ3) is 4.78. The van der Waals surface area contributed by atoms with Crippen LogP contribution in [0.3, 0.4) is 0 Å². The van der Waals surface area contributed by atoms with Crippen LogP contribution in [0, 0.1) is 5.92 Å². The second-order valence-electron chi connectivity index (χ2n) is 5.19. The Labute approximate surface area is 110 Å². The first-order valence-electron chi connectivity index (χ1n) is 6.29. The quantitative estimate of drug-likeness (QED) is 0.864. The van der Waals surface area contributed by atoms with Crippen LogP contribution in [-0.2, 0) is 9.84 Å². The van der Waals surface area contributed by atoms with Crippen LogP contribution in [0.5, 0.6) is 0 Å². The number of aliphatic hydroxyl groups is 1. The number of benzene rings is 1. The molecule has 1 atom stereocenters. The first-order chi connectivity index (χ1) is 8.30. The van der Waals surface area contributed by atoms with Crippen molar-refractivity contribution in [2.75, 3.05) is 6.26 Å². The van der Waals surface area contributed by atoms with E-state index in [9.17, 15) is 13.5 Å². The summed E-state index contributed by atoms with van der Waals surface area (Å²) in [5.74, 6) is 0.625. The van der Waals surface area contributed by atoms with E-state index in [0.29, 0.717) is 17.9 Å². The molecule has 4 heteroatoms. The topological polar surface area (TPSA) is 54.4 Å². The van der Waals surface area contributed by atoms with Crippen molar-refractivity contribution in [1.29, 1.82) is 0 Å². The fraction of sp³-hybridized carbons (Fsp3) is 0.571. The largest absolute Gasteiger partial charge is 0.388 e. The highest BCUT2D eigenvalue weighted by Gasteiger charge is 2.12. The molecule has 0 heterocycles. The van der Waals surface area contributed by atoms with Crippen LogP contribution >= 0.6 is 0 Å². The molecule has 0 bridgehead atoms. The second kappa shape index (κ2) is 6.34. The van der Waals surface area contributed by atoms with Crippen LogP contribution in [0.4, 0.5) is 0 Å². The Morgan fingerprint density at radius 3 is 2.44 bits per heavy atom. The van der Waals surface area contributed by atoms with Crippen LogP contribution < -0.4 is 0 Å². The summed E-state index contributed by atoms with van der Waals surface area (Å²) >= 11 is 0. The first-order valence-corrected chi connectivity index (χ1v) is 8.18. The monoisotopic (exact) mass is 270 g/mol. The van der Waals surface area contributed by atoms with E-state index in [1.54, 1.807) is 24.3 Å². The van der Waals surface area contributed by atoms with E-state index >= 15 is 0 Å². The van der Waals surface area contributed by atoms with Gasteiger partial charge in [-0.05, 0) is 30.0 Å². The molecule has 0 aliphatic rings. The van der Waals surface area contributed by atoms with Crippen molar-refractivity contribution in [3.63, 3.8) is 0 Å². The Balaban J connectivity index is 2.72. The summed E-state index contributed by atoms with van der Waals surface area (Å²) in [4.78, 5) is 0.267. The smallest absolute Gasteiger partial charge is 0.175 e. The third-order valence-electron chi connectivity index (χ3n) is 2.93. The summed E-state index contributed by atoms with van der Waals surface area (Å²) in [7, 11) is -3.20. The number of sulfone groups is 1. The van der Waals surface area contributed by atoms with Crippen LogP contribution in [0.2, 0.25) is 0 Å². The lowest BCUT2D eigenvalue weighted by Gasteiger charge is -2.12. The zero-order chi connectivity index (χ0) is 13.8. The summed E-state index contributed by atoms with van der Waals surface area (Å²) in [6, 6.07) is 6.57. The molecule has 3 nitrogen and oxygen atoms in total. The van der Waals surface area contributed by atoms with Gasteiger partial charge < -0.3 is 5.11 Å². The van der Waals surface area contributed by atoms with Gasteiger partial charge in [0, 0.05) is 6.26 Å². The molecule has 0 radical (unpaired) electrons. The van der Waals surface area contributed by atoms with Gasteiger partial charge in [0.25, 0.3) is 0 Å². The van der Waals surface area contributed by atoms with E-state index < -0.39 is 15.9 Å². The Kier molecular flexibility index (Phi) is 5.35. The zero-order valence-electron chi connectivity index (χ0n) is 11.3. The van der Waals surface area contributed by atoms with Gasteiger partial charge in [0.15, 0.2) is 9.84 Å². The average molecular weight is 270 g/mol. The highest BCUT2D eigenvalue weighted by molar-refractivity contribution is 7.90. The Bertz CT molecular complexity index is 478. The molecule has 0 aromatic heterocycles. The minimum atomic E-state index is -3.20. The molecule has 0 spiro atoms. The molecule has 0 aliphatic carbocycles. The molecule has 0 amide bonds. The van der Waals surface area contributed by atoms with E-state index in [4.69, 9.17) is 0 Å². The highest BCUT2D eigenvalue weighted by Crippen LogP contribution is 2.22. The predicted molar refractivity (Wildman–Crippen MR) is 73.2 cm³/mol. The first kappa shape index (κ1) is 15.2. The standard InChI is InChI=1S/C14H22O3S/c1-11(2)6-4-9-14(15)12-7-5-8-13(10-12)18(3,16)17/h5,7-8,10-11,14-15H,4,6,9H2,1-3H3. The van der Waals surface area contributed by atoms with E-state index in [1.807, 2.05) is 0 Å². The molecule has 1 N–H and O–H groups in total. The van der Waals surface area contributed by atoms with Gasteiger partial charge in [0.05, 0.1) is 11.0 Å². The van der Waals surface area contributed by atoms with E-state index in [1.165, 1.54) is 6.26 Å². The van der Waals surface area contributed by atoms with Gasteiger partial charge in [-0.15, -0.1) is 0 Å². The number of rotatable bonds is 6. The summed E-state index contributed by atoms with van der Waals surface area (Å²) in [5, 5.41) is 10.0. The average Bonchev–Trinajstić information content (AvgIpc) is 2.27. The summed E-state index contributed by atoms with van der Waals surface area (Å²) in [5.41, 5.74) is 0.682. The maximum atomic E-state index is 11.4. The summed E-state index contributed by atoms with van der Waals surface area (Å²) < 4.78 is 22.9. The van der Waals surface area contributed by atoms with Crippen molar-refractivity contribution in [2.45, 2.75) is 44.1 Å². The molecule has 0 aliphatic heterocycles. The molecule has 1 rings (SSSR count). The molecule has 0 saturated heterocycles. The fourth-order valence-electron chi connectivity index (χ4n) is 1.84. The fourth-order valence-corrected chi connectivity index (χ4v) is 2.51. The van der Waals surface area contributed by atoms with Gasteiger partial charge in [-0.25, -0.2) is 8.42 Å². The van der Waals surface area contributed by atoms with Crippen molar-refractivity contribution in [3.05, 3.63) is 29.8 Å². The van der Waals surface area contributed by atoms with Gasteiger partial charge in [-0.3, -0.25) is 0 Å². The van der Waals surface area contributed by atoms with Crippen molar-refractivity contribution < 1.29 is 13.5 Å². The normalized spacial score (nSPS) is 13.8. The summed E-state index contributed by atoms with van der Waals surface area (Å²) in [6.07, 6.45) is 3.29. The van der Waals surface area contributed by atoms with Crippen LogP contribution in [-0.4, -0.2) is 19.8 Å². The maximum Gasteiger partial charge on any atom is 0.175 e. The lowest BCUT2D eigenvalue weighted by Crippen LogP contribution is -2.02. The van der Waals surface area contributed by atoms with Crippen LogP contribution in [0.15, 0.2) is 29.2 Å². The van der Waals surface area contributed by atoms with Crippen molar-refractivity contribution in [3.8, 4) is 0 Å². The van der Waals surface area contributed by atoms with Gasteiger partial charge in [0.1, 0.15) is 0 Å². The molecule has 0 saturated carbocycles. The Hall–Kier alpha value is -0.870. The molecular weight excluding hydrogens is 248 g/mol. The van der Waals surface area contributed by atoms with E-state index in [-0.39, 0.29) is 4.90 Å². The predicted octanol–water partition coefficient (Wildman–Crippen LogP) is 2.95. The van der Waals surface area contributed by atoms with Crippen LogP contribution in [0.25, 0.3) is 0 Å². The minimum absolute atomic E-state index is 0.267. The van der Waals surface area contributed by atoms with Crippen molar-refractivity contribution in [2.24, 2.45) is 5.92 Å². The van der Waals surface area contributed by atoms with Gasteiger partial charge in [-0.1, -0.05) is 38.8 Å². The van der Waals surface area contributed by atoms with Crippen molar-refractivity contribution in [1.82, 2.24) is 0 Å². The third-order valence-corrected chi connectivity index (χ3v) is 4.04. The molecular formula is C14H22O3S. The lowest BCUT2D eigenvalue weighted by atomic mass is 10.0. The van der Waals surface area contributed by atoms with Crippen LogP contribution in [0.1, 0.15) is 44.8 Å². The second-order valence-corrected chi connectivity index (χ2v) is 7.20. The zero-order valence-corrected chi connectivity index (χ0v) is 12.1. The lowest BCUT2D eigenvalue weighted by molar-refractivity contribution is 0.162. The van der Waals surface area contributed by atoms with Gasteiger partial charge in [0.2, 0.25) is 0 Å². The summed E-state index contributed by atoms with van der Waals surface area (Å²) in [6.45, 7) is 4.30. The molecule has 1 aromatic carbocycles. The molecule has 102 valence electrons. The molecule has 18 heavy (non-hydrogen) atoms. The Morgan fingerprint density at radius 2 is 1.89 bits per heavy atom. The van der Waals surface area contributed by atoms with E-state index in [2.05, 4.69) is 13.8 Å². The van der Waals surface area contributed by atoms with Gasteiger partial charge >= 0.3 is 0 Å². The van der Waals surface area contributed by atoms with E-state index in [0.717, 1.165) is 12.8 Å². The van der Waals surface area contributed by atoms with Gasteiger partial charge in [-0.2, -0.15) is 0 Å². The molecule has 0 fully saturated rings. The number of aliphatic hydroxyl groups excluding tert-OH is 1. The maximum absolute atomic E-state index is 11.4. The minimum Gasteiger partial charge on any atom is -0.388 e. The molecule has 1 unspecified atom stereocenters.